The number of carboxylic acids is 1. The Hall–Kier alpha value is -3.25. The molecule has 0 fully saturated rings. The summed E-state index contributed by atoms with van der Waals surface area (Å²) in [5.74, 6) is 0.0178. The molecule has 0 saturated carbocycles. The highest BCUT2D eigenvalue weighted by atomic mass is 35.5. The monoisotopic (exact) mass is 451 g/mol. The van der Waals surface area contributed by atoms with Gasteiger partial charge in [0, 0.05) is 34.9 Å². The molecule has 0 unspecified atom stereocenters. The first-order valence-electron chi connectivity index (χ1n) is 10.7. The van der Waals surface area contributed by atoms with E-state index in [2.05, 4.69) is 22.5 Å². The van der Waals surface area contributed by atoms with Crippen LogP contribution in [0.3, 0.4) is 0 Å². The second kappa shape index (κ2) is 9.49. The lowest BCUT2D eigenvalue weighted by atomic mass is 10.0. The molecule has 0 aliphatic rings. The van der Waals surface area contributed by atoms with Crippen LogP contribution in [0.15, 0.2) is 48.8 Å². The molecule has 4 aromatic rings. The second-order valence-electron chi connectivity index (χ2n) is 7.99. The predicted molar refractivity (Wildman–Crippen MR) is 127 cm³/mol. The molecule has 32 heavy (non-hydrogen) atoms. The smallest absolute Gasteiger partial charge is 0.305 e. The average Bonchev–Trinajstić information content (AvgIpc) is 3.42. The lowest BCUT2D eigenvalue weighted by molar-refractivity contribution is -0.137. The molecule has 0 radical (unpaired) electrons. The van der Waals surface area contributed by atoms with Crippen molar-refractivity contribution in [2.75, 3.05) is 6.61 Å². The van der Waals surface area contributed by atoms with Crippen LogP contribution in [-0.2, 0) is 17.8 Å². The number of carboxylic acid groups (broad SMARTS) is 1. The third kappa shape index (κ3) is 4.65. The standard InChI is InChI=1S/C25H26ClN3O3/c1-16-13-19(14-17(2)24(16)26)32-12-4-5-18-15-29(11-9-23(30)31)25-20(18)6-3-7-21(25)22-8-10-27-28-22/h3,6-8,10,13-15H,4-5,9,11-12H2,1-2H3,(H,27,28)(H,30,31). The summed E-state index contributed by atoms with van der Waals surface area (Å²) in [6.07, 6.45) is 5.53. The lowest BCUT2D eigenvalue weighted by Gasteiger charge is -2.10. The Balaban J connectivity index is 1.54. The number of halogens is 1. The highest BCUT2D eigenvalue weighted by molar-refractivity contribution is 6.32. The number of benzene rings is 2. The van der Waals surface area contributed by atoms with Crippen LogP contribution in [0.4, 0.5) is 0 Å². The van der Waals surface area contributed by atoms with E-state index in [4.69, 9.17) is 16.3 Å². The van der Waals surface area contributed by atoms with Gasteiger partial charge in [-0.05, 0) is 61.6 Å². The third-order valence-electron chi connectivity index (χ3n) is 5.61. The fourth-order valence-electron chi connectivity index (χ4n) is 4.09. The normalized spacial score (nSPS) is 11.2. The van der Waals surface area contributed by atoms with Crippen LogP contribution in [0, 0.1) is 13.8 Å². The van der Waals surface area contributed by atoms with Crippen LogP contribution in [0.25, 0.3) is 22.2 Å². The van der Waals surface area contributed by atoms with Crippen molar-refractivity contribution in [3.8, 4) is 17.0 Å². The maximum atomic E-state index is 11.2. The molecule has 0 atom stereocenters. The third-order valence-corrected chi connectivity index (χ3v) is 6.20. The maximum absolute atomic E-state index is 11.2. The molecule has 0 aliphatic carbocycles. The summed E-state index contributed by atoms with van der Waals surface area (Å²) in [4.78, 5) is 11.2. The number of carbonyl (C=O) groups is 1. The summed E-state index contributed by atoms with van der Waals surface area (Å²) in [6.45, 7) is 4.95. The van der Waals surface area contributed by atoms with Crippen molar-refractivity contribution in [2.45, 2.75) is 39.7 Å². The van der Waals surface area contributed by atoms with Crippen molar-refractivity contribution < 1.29 is 14.6 Å². The number of nitrogens with zero attached hydrogens (tertiary/aromatic N) is 2. The van der Waals surface area contributed by atoms with Gasteiger partial charge < -0.3 is 14.4 Å². The zero-order valence-corrected chi connectivity index (χ0v) is 18.9. The molecule has 2 N–H and O–H groups in total. The van der Waals surface area contributed by atoms with Gasteiger partial charge in [0.1, 0.15) is 5.75 Å². The molecule has 2 aromatic heterocycles. The molecular weight excluding hydrogens is 426 g/mol. The summed E-state index contributed by atoms with van der Waals surface area (Å²) in [6, 6.07) is 12.0. The van der Waals surface area contributed by atoms with E-state index in [0.29, 0.717) is 13.2 Å². The number of ether oxygens (including phenoxy) is 1. The number of H-pyrrole nitrogens is 1. The Kier molecular flexibility index (Phi) is 6.51. The van der Waals surface area contributed by atoms with Crippen LogP contribution in [0.1, 0.15) is 29.5 Å². The maximum Gasteiger partial charge on any atom is 0.305 e. The second-order valence-corrected chi connectivity index (χ2v) is 8.36. The van der Waals surface area contributed by atoms with Crippen LogP contribution in [0.5, 0.6) is 5.75 Å². The Morgan fingerprint density at radius 2 is 2.00 bits per heavy atom. The van der Waals surface area contributed by atoms with E-state index in [1.807, 2.05) is 48.7 Å². The number of aryl methyl sites for hydroxylation is 4. The number of nitrogens with one attached hydrogen (secondary N) is 1. The van der Waals surface area contributed by atoms with Gasteiger partial charge in [-0.15, -0.1) is 0 Å². The van der Waals surface area contributed by atoms with Gasteiger partial charge in [0.15, 0.2) is 0 Å². The minimum atomic E-state index is -0.811. The van der Waals surface area contributed by atoms with Gasteiger partial charge >= 0.3 is 5.97 Å². The zero-order valence-electron chi connectivity index (χ0n) is 18.2. The zero-order chi connectivity index (χ0) is 22.7. The molecule has 0 saturated heterocycles. The number of fused-ring (bicyclic) bond motifs is 1. The van der Waals surface area contributed by atoms with E-state index in [0.717, 1.165) is 56.9 Å². The molecule has 166 valence electrons. The van der Waals surface area contributed by atoms with E-state index in [-0.39, 0.29) is 6.42 Å². The molecule has 0 bridgehead atoms. The van der Waals surface area contributed by atoms with Gasteiger partial charge in [-0.2, -0.15) is 5.10 Å². The quantitative estimate of drug-likeness (QED) is 0.316. The van der Waals surface area contributed by atoms with Gasteiger partial charge in [-0.3, -0.25) is 9.89 Å². The summed E-state index contributed by atoms with van der Waals surface area (Å²) in [7, 11) is 0. The minimum absolute atomic E-state index is 0.0684. The summed E-state index contributed by atoms with van der Waals surface area (Å²) in [5, 5.41) is 18.2. The largest absolute Gasteiger partial charge is 0.494 e. The number of rotatable bonds is 9. The first kappa shape index (κ1) is 22.0. The van der Waals surface area contributed by atoms with Crippen molar-refractivity contribution in [2.24, 2.45) is 0 Å². The first-order valence-corrected chi connectivity index (χ1v) is 11.0. The van der Waals surface area contributed by atoms with E-state index in [9.17, 15) is 9.90 Å². The van der Waals surface area contributed by atoms with E-state index >= 15 is 0 Å². The van der Waals surface area contributed by atoms with Crippen molar-refractivity contribution >= 4 is 28.5 Å². The number of aromatic amines is 1. The molecule has 0 spiro atoms. The number of aromatic nitrogens is 3. The van der Waals surface area contributed by atoms with Gasteiger partial charge in [-0.1, -0.05) is 29.8 Å². The SMILES string of the molecule is Cc1cc(OCCCc2cn(CCC(=O)O)c3c(-c4ccn[nH]4)cccc23)cc(C)c1Cl. The first-order chi connectivity index (χ1) is 15.4. The number of hydrogen-bond donors (Lipinski definition) is 2. The highest BCUT2D eigenvalue weighted by Gasteiger charge is 2.15. The number of hydrogen-bond acceptors (Lipinski definition) is 3. The summed E-state index contributed by atoms with van der Waals surface area (Å²) in [5.41, 5.74) is 6.15. The molecule has 2 heterocycles. The van der Waals surface area contributed by atoms with Crippen LogP contribution in [-0.4, -0.2) is 32.4 Å². The molecule has 7 heteroatoms. The van der Waals surface area contributed by atoms with Crippen LogP contribution >= 0.6 is 11.6 Å². The fraction of sp³-hybridized carbons (Fsp3) is 0.280. The summed E-state index contributed by atoms with van der Waals surface area (Å²) < 4.78 is 8.01. The minimum Gasteiger partial charge on any atom is -0.494 e. The Bertz CT molecular complexity index is 1220. The van der Waals surface area contributed by atoms with Crippen LogP contribution in [0.2, 0.25) is 5.02 Å². The van der Waals surface area contributed by atoms with E-state index in [1.165, 1.54) is 5.56 Å². The Labute approximate surface area is 191 Å². The average molecular weight is 452 g/mol. The van der Waals surface area contributed by atoms with E-state index < -0.39 is 5.97 Å². The number of para-hydroxylation sites is 1. The van der Waals surface area contributed by atoms with Gasteiger partial charge in [0.2, 0.25) is 0 Å². The van der Waals surface area contributed by atoms with Gasteiger partial charge in [0.25, 0.3) is 0 Å². The molecule has 0 amide bonds. The topological polar surface area (TPSA) is 80.1 Å². The predicted octanol–water partition coefficient (Wildman–Crippen LogP) is 5.79. The van der Waals surface area contributed by atoms with Crippen molar-refractivity contribution in [1.29, 1.82) is 0 Å². The molecule has 0 aliphatic heterocycles. The lowest BCUT2D eigenvalue weighted by Crippen LogP contribution is -2.04. The highest BCUT2D eigenvalue weighted by Crippen LogP contribution is 2.32. The van der Waals surface area contributed by atoms with Gasteiger partial charge in [0.05, 0.1) is 24.2 Å². The Morgan fingerprint density at radius 1 is 1.22 bits per heavy atom. The molecule has 6 nitrogen and oxygen atoms in total. The molecule has 4 rings (SSSR count). The van der Waals surface area contributed by atoms with Crippen LogP contribution < -0.4 is 4.74 Å². The number of aliphatic carboxylic acids is 1. The molecular formula is C25H26ClN3O3. The molecule has 2 aromatic carbocycles. The Morgan fingerprint density at radius 3 is 2.69 bits per heavy atom. The van der Waals surface area contributed by atoms with Crippen molar-refractivity contribution in [3.63, 3.8) is 0 Å². The van der Waals surface area contributed by atoms with Gasteiger partial charge in [-0.25, -0.2) is 0 Å². The van der Waals surface area contributed by atoms with E-state index in [1.54, 1.807) is 6.20 Å². The fourth-order valence-corrected chi connectivity index (χ4v) is 4.20. The summed E-state index contributed by atoms with van der Waals surface area (Å²) >= 11 is 6.24. The van der Waals surface area contributed by atoms with Crippen molar-refractivity contribution in [3.05, 3.63) is 70.5 Å². The van der Waals surface area contributed by atoms with Crippen molar-refractivity contribution in [1.82, 2.24) is 14.8 Å².